The Morgan fingerprint density at radius 3 is 2.44 bits per heavy atom. The Labute approximate surface area is 97.9 Å². The molecule has 0 aromatic rings. The van der Waals surface area contributed by atoms with E-state index in [1.165, 1.54) is 32.1 Å². The molecule has 3 heteroatoms. The smallest absolute Gasteiger partial charge is 0.321 e. The van der Waals surface area contributed by atoms with Crippen molar-refractivity contribution in [2.75, 3.05) is 13.1 Å². The highest BCUT2D eigenvalue weighted by atomic mass is 16.2. The van der Waals surface area contributed by atoms with Gasteiger partial charge >= 0.3 is 6.03 Å². The molecule has 16 heavy (non-hydrogen) atoms. The van der Waals surface area contributed by atoms with E-state index in [1.807, 2.05) is 11.1 Å². The number of carbonyl (C=O) groups is 1. The van der Waals surface area contributed by atoms with Crippen LogP contribution in [0.15, 0.2) is 12.3 Å². The number of rotatable bonds is 2. The van der Waals surface area contributed by atoms with E-state index >= 15 is 0 Å². The van der Waals surface area contributed by atoms with Crippen LogP contribution in [0.1, 0.15) is 44.9 Å². The largest absolute Gasteiger partial charge is 0.325 e. The van der Waals surface area contributed by atoms with Gasteiger partial charge in [0.1, 0.15) is 0 Å². The molecular weight excluding hydrogens is 200 g/mol. The Morgan fingerprint density at radius 2 is 1.75 bits per heavy atom. The van der Waals surface area contributed by atoms with Gasteiger partial charge in [-0.2, -0.15) is 0 Å². The molecule has 0 radical (unpaired) electrons. The van der Waals surface area contributed by atoms with E-state index in [1.54, 1.807) is 0 Å². The van der Waals surface area contributed by atoms with Crippen LogP contribution in [0.3, 0.4) is 0 Å². The van der Waals surface area contributed by atoms with Gasteiger partial charge in [-0.15, -0.1) is 0 Å². The van der Waals surface area contributed by atoms with Crippen LogP contribution in [-0.4, -0.2) is 24.0 Å². The van der Waals surface area contributed by atoms with Crippen molar-refractivity contribution in [1.82, 2.24) is 10.2 Å². The zero-order valence-corrected chi connectivity index (χ0v) is 9.95. The van der Waals surface area contributed by atoms with Crippen LogP contribution in [0, 0.1) is 5.92 Å². The molecule has 1 aliphatic carbocycles. The highest BCUT2D eigenvalue weighted by molar-refractivity contribution is 5.75. The van der Waals surface area contributed by atoms with E-state index in [0.29, 0.717) is 5.92 Å². The van der Waals surface area contributed by atoms with Gasteiger partial charge in [0, 0.05) is 19.3 Å². The summed E-state index contributed by atoms with van der Waals surface area (Å²) < 4.78 is 0. The van der Waals surface area contributed by atoms with E-state index in [-0.39, 0.29) is 6.03 Å². The average molecular weight is 222 g/mol. The first-order chi connectivity index (χ1) is 7.86. The number of hydrogen-bond acceptors (Lipinski definition) is 1. The minimum Gasteiger partial charge on any atom is -0.325 e. The second-order valence-corrected chi connectivity index (χ2v) is 4.90. The molecule has 0 aromatic heterocycles. The van der Waals surface area contributed by atoms with Crippen molar-refractivity contribution in [3.8, 4) is 0 Å². The van der Waals surface area contributed by atoms with Crippen molar-refractivity contribution in [2.24, 2.45) is 5.92 Å². The standard InChI is InChI=1S/C13H22N2O/c16-13(15-10-4-5-11-15)14-9-8-12-6-2-1-3-7-12/h8-9,12H,1-7,10-11H2,(H,14,16)/b9-8+. The van der Waals surface area contributed by atoms with Crippen LogP contribution in [0.4, 0.5) is 4.79 Å². The van der Waals surface area contributed by atoms with Gasteiger partial charge in [0.2, 0.25) is 0 Å². The molecular formula is C13H22N2O. The van der Waals surface area contributed by atoms with Crippen molar-refractivity contribution < 1.29 is 4.79 Å². The number of likely N-dealkylation sites (tertiary alicyclic amines) is 1. The molecule has 0 aromatic carbocycles. The number of amides is 2. The maximum absolute atomic E-state index is 11.7. The minimum atomic E-state index is 0.0737. The normalized spacial score (nSPS) is 22.9. The second kappa shape index (κ2) is 5.92. The number of urea groups is 1. The first-order valence-electron chi connectivity index (χ1n) is 6.58. The summed E-state index contributed by atoms with van der Waals surface area (Å²) in [6.07, 6.45) is 13.0. The van der Waals surface area contributed by atoms with Crippen LogP contribution >= 0.6 is 0 Å². The molecule has 0 unspecified atom stereocenters. The van der Waals surface area contributed by atoms with Gasteiger partial charge < -0.3 is 10.2 Å². The fourth-order valence-corrected chi connectivity index (χ4v) is 2.59. The lowest BCUT2D eigenvalue weighted by molar-refractivity contribution is 0.212. The molecule has 1 aliphatic heterocycles. The van der Waals surface area contributed by atoms with E-state index in [2.05, 4.69) is 11.4 Å². The summed E-state index contributed by atoms with van der Waals surface area (Å²) in [5.74, 6) is 0.688. The van der Waals surface area contributed by atoms with Gasteiger partial charge in [-0.1, -0.05) is 25.3 Å². The summed E-state index contributed by atoms with van der Waals surface area (Å²) in [7, 11) is 0. The van der Waals surface area contributed by atoms with E-state index < -0.39 is 0 Å². The molecule has 3 nitrogen and oxygen atoms in total. The van der Waals surface area contributed by atoms with Crippen molar-refractivity contribution in [1.29, 1.82) is 0 Å². The second-order valence-electron chi connectivity index (χ2n) is 4.90. The maximum atomic E-state index is 11.7. The lowest BCUT2D eigenvalue weighted by atomic mass is 9.89. The molecule has 0 bridgehead atoms. The molecule has 0 atom stereocenters. The van der Waals surface area contributed by atoms with Gasteiger partial charge in [0.05, 0.1) is 0 Å². The quantitative estimate of drug-likeness (QED) is 0.765. The zero-order chi connectivity index (χ0) is 11.2. The molecule has 2 amide bonds. The molecule has 2 aliphatic rings. The van der Waals surface area contributed by atoms with E-state index in [0.717, 1.165) is 25.9 Å². The van der Waals surface area contributed by atoms with Gasteiger partial charge in [-0.25, -0.2) is 4.79 Å². The molecule has 1 N–H and O–H groups in total. The van der Waals surface area contributed by atoms with Gasteiger partial charge in [0.15, 0.2) is 0 Å². The first-order valence-corrected chi connectivity index (χ1v) is 6.58. The highest BCUT2D eigenvalue weighted by Gasteiger charge is 2.16. The summed E-state index contributed by atoms with van der Waals surface area (Å²) in [4.78, 5) is 13.5. The third kappa shape index (κ3) is 3.26. The Bertz CT molecular complexity index is 251. The first kappa shape index (κ1) is 11.5. The number of allylic oxidation sites excluding steroid dienone is 1. The fourth-order valence-electron chi connectivity index (χ4n) is 2.59. The number of nitrogens with one attached hydrogen (secondary N) is 1. The number of carbonyl (C=O) groups excluding carboxylic acids is 1. The van der Waals surface area contributed by atoms with Crippen LogP contribution in [0.2, 0.25) is 0 Å². The summed E-state index contributed by atoms with van der Waals surface area (Å²) >= 11 is 0. The predicted molar refractivity (Wildman–Crippen MR) is 65.1 cm³/mol. The maximum Gasteiger partial charge on any atom is 0.321 e. The third-order valence-electron chi connectivity index (χ3n) is 3.62. The molecule has 0 spiro atoms. The molecule has 2 fully saturated rings. The molecule has 1 saturated carbocycles. The minimum absolute atomic E-state index is 0.0737. The topological polar surface area (TPSA) is 32.3 Å². The number of hydrogen-bond donors (Lipinski definition) is 1. The summed E-state index contributed by atoms with van der Waals surface area (Å²) in [6.45, 7) is 1.84. The monoisotopic (exact) mass is 222 g/mol. The third-order valence-corrected chi connectivity index (χ3v) is 3.62. The van der Waals surface area contributed by atoms with Crippen LogP contribution < -0.4 is 5.32 Å². The van der Waals surface area contributed by atoms with Gasteiger partial charge in [0.25, 0.3) is 0 Å². The Balaban J connectivity index is 1.68. The molecule has 1 saturated heterocycles. The van der Waals surface area contributed by atoms with E-state index in [9.17, 15) is 4.79 Å². The zero-order valence-electron chi connectivity index (χ0n) is 9.95. The lowest BCUT2D eigenvalue weighted by Crippen LogP contribution is -2.35. The summed E-state index contributed by atoms with van der Waals surface area (Å²) in [5, 5.41) is 2.88. The molecule has 90 valence electrons. The Morgan fingerprint density at radius 1 is 1.06 bits per heavy atom. The van der Waals surface area contributed by atoms with Crippen molar-refractivity contribution >= 4 is 6.03 Å². The van der Waals surface area contributed by atoms with Crippen molar-refractivity contribution in [2.45, 2.75) is 44.9 Å². The Kier molecular flexibility index (Phi) is 4.25. The SMILES string of the molecule is O=C(N/C=C/C1CCCCC1)N1CCCC1. The van der Waals surface area contributed by atoms with Gasteiger partial charge in [-0.3, -0.25) is 0 Å². The lowest BCUT2D eigenvalue weighted by Gasteiger charge is -2.18. The van der Waals surface area contributed by atoms with Crippen molar-refractivity contribution in [3.05, 3.63) is 12.3 Å². The average Bonchev–Trinajstić information content (AvgIpc) is 2.84. The van der Waals surface area contributed by atoms with E-state index in [4.69, 9.17) is 0 Å². The summed E-state index contributed by atoms with van der Waals surface area (Å²) in [5.41, 5.74) is 0. The molecule has 1 heterocycles. The highest BCUT2D eigenvalue weighted by Crippen LogP contribution is 2.24. The summed E-state index contributed by atoms with van der Waals surface area (Å²) in [6, 6.07) is 0.0737. The Hall–Kier alpha value is -0.990. The predicted octanol–water partition coefficient (Wildman–Crippen LogP) is 2.89. The van der Waals surface area contributed by atoms with Gasteiger partial charge in [-0.05, 0) is 31.6 Å². The number of nitrogens with zero attached hydrogens (tertiary/aromatic N) is 1. The molecule has 2 rings (SSSR count). The fraction of sp³-hybridized carbons (Fsp3) is 0.769. The van der Waals surface area contributed by atoms with Crippen LogP contribution in [-0.2, 0) is 0 Å². The van der Waals surface area contributed by atoms with Crippen LogP contribution in [0.5, 0.6) is 0 Å². The van der Waals surface area contributed by atoms with Crippen molar-refractivity contribution in [3.63, 3.8) is 0 Å². The van der Waals surface area contributed by atoms with Crippen LogP contribution in [0.25, 0.3) is 0 Å².